The zero-order valence-corrected chi connectivity index (χ0v) is 8.01. The van der Waals surface area contributed by atoms with Gasteiger partial charge in [-0.15, -0.1) is 0 Å². The van der Waals surface area contributed by atoms with E-state index in [0.29, 0.717) is 5.75 Å². The van der Waals surface area contributed by atoms with Crippen molar-refractivity contribution in [1.29, 1.82) is 0 Å². The molecular weight excluding hydrogens is 204 g/mol. The van der Waals surface area contributed by atoms with Gasteiger partial charge in [0.15, 0.2) is 5.83 Å². The Balaban J connectivity index is 2.93. The molecule has 5 heteroatoms. The fourth-order valence-electron chi connectivity index (χ4n) is 0.917. The Morgan fingerprint density at radius 2 is 2.20 bits per heavy atom. The second-order valence-electron chi connectivity index (χ2n) is 2.70. The van der Waals surface area contributed by atoms with E-state index in [2.05, 4.69) is 6.58 Å². The molecule has 0 spiro atoms. The summed E-state index contributed by atoms with van der Waals surface area (Å²) in [7, 11) is 1.40. The molecule has 0 aliphatic rings. The number of carbonyl (C=O) groups excluding carboxylic acids is 1. The lowest BCUT2D eigenvalue weighted by Gasteiger charge is -2.06. The minimum absolute atomic E-state index is 0.154. The fraction of sp³-hybridized carbons (Fsp3) is 0.100. The zero-order valence-electron chi connectivity index (χ0n) is 8.01. The lowest BCUT2D eigenvalue weighted by Crippen LogP contribution is -2.12. The Morgan fingerprint density at radius 3 is 2.73 bits per heavy atom. The third kappa shape index (κ3) is 2.77. The van der Waals surface area contributed by atoms with Gasteiger partial charge in [-0.3, -0.25) is 4.79 Å². The van der Waals surface area contributed by atoms with Crippen LogP contribution in [0.2, 0.25) is 0 Å². The second kappa shape index (κ2) is 4.54. The van der Waals surface area contributed by atoms with Gasteiger partial charge in [-0.1, -0.05) is 6.58 Å². The number of anilines is 1. The zero-order chi connectivity index (χ0) is 11.4. The molecule has 0 bridgehead atoms. The molecule has 0 heterocycles. The van der Waals surface area contributed by atoms with Crippen molar-refractivity contribution in [2.24, 2.45) is 0 Å². The third-order valence-corrected chi connectivity index (χ3v) is 1.67. The normalized spacial score (nSPS) is 9.53. The van der Waals surface area contributed by atoms with Crippen LogP contribution in [0.25, 0.3) is 0 Å². The van der Waals surface area contributed by atoms with Crippen LogP contribution >= 0.6 is 0 Å². The predicted molar refractivity (Wildman–Crippen MR) is 51.8 cm³/mol. The van der Waals surface area contributed by atoms with Crippen LogP contribution in [0.3, 0.4) is 0 Å². The van der Waals surface area contributed by atoms with E-state index < -0.39 is 17.6 Å². The Bertz CT molecular complexity index is 404. The van der Waals surface area contributed by atoms with Gasteiger partial charge in [0.25, 0.3) is 5.91 Å². The molecule has 3 nitrogen and oxygen atoms in total. The summed E-state index contributed by atoms with van der Waals surface area (Å²) in [6, 6.07) is 3.74. The minimum atomic E-state index is -1.18. The number of hydrogen-bond donors (Lipinski definition) is 1. The van der Waals surface area contributed by atoms with Gasteiger partial charge in [0.1, 0.15) is 11.6 Å². The predicted octanol–water partition coefficient (Wildman–Crippen LogP) is 2.26. The molecule has 0 saturated carbocycles. The highest BCUT2D eigenvalue weighted by Gasteiger charge is 2.10. The number of amides is 1. The third-order valence-electron chi connectivity index (χ3n) is 1.67. The quantitative estimate of drug-likeness (QED) is 0.782. The summed E-state index contributed by atoms with van der Waals surface area (Å²) in [6.45, 7) is 2.79. The maximum absolute atomic E-state index is 13.1. The van der Waals surface area contributed by atoms with Crippen molar-refractivity contribution in [2.75, 3.05) is 12.4 Å². The van der Waals surface area contributed by atoms with Crippen LogP contribution in [-0.2, 0) is 4.79 Å². The van der Waals surface area contributed by atoms with E-state index in [-0.39, 0.29) is 5.69 Å². The molecule has 0 radical (unpaired) electrons. The van der Waals surface area contributed by atoms with Gasteiger partial charge in [-0.25, -0.2) is 8.78 Å². The highest BCUT2D eigenvalue weighted by molar-refractivity contribution is 6.01. The highest BCUT2D eigenvalue weighted by Crippen LogP contribution is 2.21. The van der Waals surface area contributed by atoms with Crippen LogP contribution in [0.1, 0.15) is 0 Å². The maximum Gasteiger partial charge on any atom is 0.283 e. The van der Waals surface area contributed by atoms with Crippen LogP contribution in [0, 0.1) is 5.82 Å². The number of nitrogens with one attached hydrogen (secondary N) is 1. The first kappa shape index (κ1) is 11.2. The summed E-state index contributed by atoms with van der Waals surface area (Å²) in [5, 5.41) is 2.02. The molecule has 0 fully saturated rings. The molecule has 0 aromatic heterocycles. The molecule has 0 saturated heterocycles. The first-order valence-corrected chi connectivity index (χ1v) is 4.04. The van der Waals surface area contributed by atoms with E-state index in [1.54, 1.807) is 0 Å². The molecule has 0 atom stereocenters. The molecule has 1 amide bonds. The van der Waals surface area contributed by atoms with Gasteiger partial charge in [-0.2, -0.15) is 0 Å². The van der Waals surface area contributed by atoms with Crippen molar-refractivity contribution in [3.05, 3.63) is 36.4 Å². The van der Waals surface area contributed by atoms with Gasteiger partial charge in [0.05, 0.1) is 12.8 Å². The number of ether oxygens (including phenoxy) is 1. The summed E-state index contributed by atoms with van der Waals surface area (Å²) < 4.78 is 30.3. The molecule has 0 unspecified atom stereocenters. The first-order chi connectivity index (χ1) is 7.04. The minimum Gasteiger partial charge on any atom is -0.497 e. The van der Waals surface area contributed by atoms with Gasteiger partial charge in [0, 0.05) is 6.07 Å². The van der Waals surface area contributed by atoms with Crippen molar-refractivity contribution in [1.82, 2.24) is 0 Å². The molecule has 15 heavy (non-hydrogen) atoms. The lowest BCUT2D eigenvalue weighted by molar-refractivity contribution is -0.114. The van der Waals surface area contributed by atoms with Crippen LogP contribution in [0.15, 0.2) is 30.6 Å². The molecule has 1 aromatic rings. The lowest BCUT2D eigenvalue weighted by atomic mass is 10.3. The van der Waals surface area contributed by atoms with E-state index in [9.17, 15) is 13.6 Å². The van der Waals surface area contributed by atoms with E-state index >= 15 is 0 Å². The number of halogens is 2. The number of carbonyl (C=O) groups is 1. The second-order valence-corrected chi connectivity index (χ2v) is 2.70. The maximum atomic E-state index is 13.1. The van der Waals surface area contributed by atoms with E-state index in [4.69, 9.17) is 4.74 Å². The topological polar surface area (TPSA) is 38.3 Å². The summed E-state index contributed by atoms with van der Waals surface area (Å²) in [5.41, 5.74) is -0.154. The number of methoxy groups -OCH3 is 1. The average Bonchev–Trinajstić information content (AvgIpc) is 2.21. The van der Waals surface area contributed by atoms with Gasteiger partial charge >= 0.3 is 0 Å². The molecule has 1 N–H and O–H groups in total. The fourth-order valence-corrected chi connectivity index (χ4v) is 0.917. The average molecular weight is 213 g/mol. The number of hydrogen-bond acceptors (Lipinski definition) is 2. The SMILES string of the molecule is C=C(F)C(=O)Nc1cc(OC)ccc1F. The van der Waals surface area contributed by atoms with Crippen LogP contribution in [-0.4, -0.2) is 13.0 Å². The van der Waals surface area contributed by atoms with Crippen molar-refractivity contribution in [2.45, 2.75) is 0 Å². The van der Waals surface area contributed by atoms with Crippen LogP contribution in [0.5, 0.6) is 5.75 Å². The largest absolute Gasteiger partial charge is 0.497 e. The van der Waals surface area contributed by atoms with Crippen LogP contribution < -0.4 is 10.1 Å². The summed E-state index contributed by atoms with van der Waals surface area (Å²) in [4.78, 5) is 10.9. The highest BCUT2D eigenvalue weighted by atomic mass is 19.1. The summed E-state index contributed by atoms with van der Waals surface area (Å²) in [6.07, 6.45) is 0. The summed E-state index contributed by atoms with van der Waals surface area (Å²) >= 11 is 0. The molecule has 0 aliphatic carbocycles. The standard InChI is InChI=1S/C10H9F2NO2/c1-6(11)10(14)13-9-5-7(15-2)3-4-8(9)12/h3-5H,1H2,2H3,(H,13,14). The Morgan fingerprint density at radius 1 is 1.53 bits per heavy atom. The van der Waals surface area contributed by atoms with Gasteiger partial charge in [-0.05, 0) is 12.1 Å². The van der Waals surface area contributed by atoms with Crippen molar-refractivity contribution < 1.29 is 18.3 Å². The molecule has 1 rings (SSSR count). The van der Waals surface area contributed by atoms with Crippen molar-refractivity contribution in [3.8, 4) is 5.75 Å². The molecule has 0 aliphatic heterocycles. The summed E-state index contributed by atoms with van der Waals surface area (Å²) in [5.74, 6) is -2.58. The number of rotatable bonds is 3. The van der Waals surface area contributed by atoms with E-state index in [1.165, 1.54) is 19.2 Å². The Kier molecular flexibility index (Phi) is 3.38. The van der Waals surface area contributed by atoms with Crippen molar-refractivity contribution >= 4 is 11.6 Å². The Hall–Kier alpha value is -1.91. The monoisotopic (exact) mass is 213 g/mol. The Labute approximate surface area is 85.4 Å². The van der Waals surface area contributed by atoms with E-state index in [1.807, 2.05) is 5.32 Å². The van der Waals surface area contributed by atoms with Gasteiger partial charge in [0.2, 0.25) is 0 Å². The molecular formula is C10H9F2NO2. The van der Waals surface area contributed by atoms with Gasteiger partial charge < -0.3 is 10.1 Å². The van der Waals surface area contributed by atoms with E-state index in [0.717, 1.165) is 6.07 Å². The smallest absolute Gasteiger partial charge is 0.283 e. The first-order valence-electron chi connectivity index (χ1n) is 4.04. The number of benzene rings is 1. The van der Waals surface area contributed by atoms with Crippen LogP contribution in [0.4, 0.5) is 14.5 Å². The van der Waals surface area contributed by atoms with Crippen molar-refractivity contribution in [3.63, 3.8) is 0 Å². The molecule has 80 valence electrons. The molecule has 1 aromatic carbocycles.